The van der Waals surface area contributed by atoms with E-state index < -0.39 is 23.1 Å². The Bertz CT molecular complexity index is 1620. The van der Waals surface area contributed by atoms with Gasteiger partial charge >= 0.3 is 0 Å². The highest BCUT2D eigenvalue weighted by atomic mass is 35.5. The number of halogens is 3. The summed E-state index contributed by atoms with van der Waals surface area (Å²) in [5.41, 5.74) is 1.39. The molecule has 8 heteroatoms. The molecular formula is C33H31Cl2FN2O3. The fourth-order valence-electron chi connectivity index (χ4n) is 6.97. The number of nitriles is 1. The van der Waals surface area contributed by atoms with Gasteiger partial charge in [0.05, 0.1) is 29.3 Å². The van der Waals surface area contributed by atoms with Crippen molar-refractivity contribution >= 4 is 40.6 Å². The molecule has 0 bridgehead atoms. The fraction of sp³-hybridized carbons (Fsp3) is 0.364. The molecule has 3 aromatic rings. The summed E-state index contributed by atoms with van der Waals surface area (Å²) in [6.45, 7) is 7.68. The summed E-state index contributed by atoms with van der Waals surface area (Å²) in [6, 6.07) is 16.0. The van der Waals surface area contributed by atoms with E-state index in [0.29, 0.717) is 46.0 Å². The standard InChI is InChI=1S/C33H31Cl2FN2O3/c1-17(39)18-9-12-25(26(13-18)41-5)38-31(40)22-14-19(15-32(2,3)4)33(16-37)28(22)20-7-6-8-23(34)27(20)21-10-11-24(35)30(36)29(21)33/h6-13,19,22,28H,14-15H2,1-5H3,(H,38,40)/t19-,22+,28-,33-/m0/s1. The molecule has 212 valence electrons. The van der Waals surface area contributed by atoms with Crippen molar-refractivity contribution in [1.29, 1.82) is 5.26 Å². The van der Waals surface area contributed by atoms with Gasteiger partial charge in [0.25, 0.3) is 0 Å². The number of amides is 1. The number of benzene rings is 3. The van der Waals surface area contributed by atoms with Gasteiger partial charge < -0.3 is 10.1 Å². The van der Waals surface area contributed by atoms with Gasteiger partial charge in [-0.1, -0.05) is 62.2 Å². The average molecular weight is 594 g/mol. The predicted octanol–water partition coefficient (Wildman–Crippen LogP) is 8.58. The lowest BCUT2D eigenvalue weighted by molar-refractivity contribution is -0.120. The second-order valence-corrected chi connectivity index (χ2v) is 13.0. The summed E-state index contributed by atoms with van der Waals surface area (Å²) in [7, 11) is 1.47. The van der Waals surface area contributed by atoms with Crippen molar-refractivity contribution in [3.8, 4) is 22.9 Å². The minimum absolute atomic E-state index is 0.0784. The maximum Gasteiger partial charge on any atom is 0.228 e. The molecular weight excluding hydrogens is 562 g/mol. The zero-order valence-electron chi connectivity index (χ0n) is 23.6. The number of carbonyl (C=O) groups excluding carboxylic acids is 2. The molecule has 0 aromatic heterocycles. The van der Waals surface area contributed by atoms with Crippen LogP contribution in [0.2, 0.25) is 10.0 Å². The Balaban J connectivity index is 1.72. The van der Waals surface area contributed by atoms with Gasteiger partial charge in [0, 0.05) is 33.5 Å². The van der Waals surface area contributed by atoms with Gasteiger partial charge in [0.15, 0.2) is 5.78 Å². The quantitative estimate of drug-likeness (QED) is 0.301. The highest BCUT2D eigenvalue weighted by Crippen LogP contribution is 2.66. The third kappa shape index (κ3) is 4.70. The van der Waals surface area contributed by atoms with Crippen LogP contribution in [0, 0.1) is 34.4 Å². The monoisotopic (exact) mass is 592 g/mol. The molecule has 2 aliphatic carbocycles. The van der Waals surface area contributed by atoms with Crippen LogP contribution < -0.4 is 10.1 Å². The zero-order chi connectivity index (χ0) is 29.9. The lowest BCUT2D eigenvalue weighted by atomic mass is 9.57. The summed E-state index contributed by atoms with van der Waals surface area (Å²) < 4.78 is 21.7. The minimum atomic E-state index is -1.36. The number of ketones is 1. The number of anilines is 1. The van der Waals surface area contributed by atoms with Crippen molar-refractivity contribution in [3.05, 3.63) is 81.1 Å². The number of hydrogen-bond acceptors (Lipinski definition) is 4. The topological polar surface area (TPSA) is 79.2 Å². The van der Waals surface area contributed by atoms with E-state index in [-0.39, 0.29) is 33.6 Å². The van der Waals surface area contributed by atoms with Crippen LogP contribution in [0.5, 0.6) is 5.75 Å². The van der Waals surface area contributed by atoms with E-state index in [2.05, 4.69) is 32.2 Å². The molecule has 0 unspecified atom stereocenters. The first-order chi connectivity index (χ1) is 19.3. The van der Waals surface area contributed by atoms with Crippen molar-refractivity contribution in [2.45, 2.75) is 51.9 Å². The lowest BCUT2D eigenvalue weighted by Crippen LogP contribution is -2.42. The second kappa shape index (κ2) is 10.5. The Hall–Kier alpha value is -3.40. The van der Waals surface area contributed by atoms with E-state index in [9.17, 15) is 14.9 Å². The Morgan fingerprint density at radius 1 is 1.15 bits per heavy atom. The van der Waals surface area contributed by atoms with Crippen LogP contribution in [0.1, 0.15) is 67.9 Å². The van der Waals surface area contributed by atoms with E-state index in [4.69, 9.17) is 27.9 Å². The maximum atomic E-state index is 16.2. The molecule has 1 fully saturated rings. The molecule has 2 aliphatic rings. The second-order valence-electron chi connectivity index (χ2n) is 12.2. The summed E-state index contributed by atoms with van der Waals surface area (Å²) >= 11 is 13.1. The van der Waals surface area contributed by atoms with Crippen LogP contribution in [-0.4, -0.2) is 18.8 Å². The van der Waals surface area contributed by atoms with Crippen molar-refractivity contribution in [2.75, 3.05) is 12.4 Å². The molecule has 0 aliphatic heterocycles. The summed E-state index contributed by atoms with van der Waals surface area (Å²) in [5, 5.41) is 14.4. The first-order valence-electron chi connectivity index (χ1n) is 13.5. The van der Waals surface area contributed by atoms with Gasteiger partial charge in [0.2, 0.25) is 5.91 Å². The Morgan fingerprint density at radius 3 is 2.51 bits per heavy atom. The first kappa shape index (κ1) is 29.1. The molecule has 5 nitrogen and oxygen atoms in total. The maximum absolute atomic E-state index is 16.2. The molecule has 4 atom stereocenters. The molecule has 41 heavy (non-hydrogen) atoms. The minimum Gasteiger partial charge on any atom is -0.495 e. The van der Waals surface area contributed by atoms with Gasteiger partial charge in [0.1, 0.15) is 11.6 Å². The molecule has 1 amide bonds. The molecule has 5 rings (SSSR count). The van der Waals surface area contributed by atoms with Crippen LogP contribution >= 0.6 is 23.2 Å². The van der Waals surface area contributed by atoms with E-state index in [1.807, 2.05) is 6.07 Å². The van der Waals surface area contributed by atoms with E-state index in [0.717, 1.165) is 5.56 Å². The molecule has 1 saturated carbocycles. The van der Waals surface area contributed by atoms with Crippen molar-refractivity contribution < 1.29 is 18.7 Å². The molecule has 0 spiro atoms. The first-order valence-corrected chi connectivity index (χ1v) is 14.3. The van der Waals surface area contributed by atoms with Crippen LogP contribution in [0.3, 0.4) is 0 Å². The van der Waals surface area contributed by atoms with Gasteiger partial charge in [-0.2, -0.15) is 5.26 Å². The molecule has 3 aromatic carbocycles. The van der Waals surface area contributed by atoms with Crippen molar-refractivity contribution in [2.24, 2.45) is 17.3 Å². The van der Waals surface area contributed by atoms with Crippen molar-refractivity contribution in [3.63, 3.8) is 0 Å². The number of fused-ring (bicyclic) bond motifs is 6. The number of ether oxygens (including phenoxy) is 1. The third-order valence-electron chi connectivity index (χ3n) is 8.48. The summed E-state index contributed by atoms with van der Waals surface area (Å²) in [6.07, 6.45) is 0.936. The van der Waals surface area contributed by atoms with Crippen molar-refractivity contribution in [1.82, 2.24) is 0 Å². The Labute approximate surface area is 249 Å². The third-order valence-corrected chi connectivity index (χ3v) is 9.09. The number of carbonyl (C=O) groups is 2. The number of methoxy groups -OCH3 is 1. The largest absolute Gasteiger partial charge is 0.495 e. The van der Waals surface area contributed by atoms with Gasteiger partial charge in [-0.25, -0.2) is 4.39 Å². The number of nitrogens with one attached hydrogen (secondary N) is 1. The Morgan fingerprint density at radius 2 is 1.88 bits per heavy atom. The lowest BCUT2D eigenvalue weighted by Gasteiger charge is -2.43. The van der Waals surface area contributed by atoms with Crippen LogP contribution in [0.4, 0.5) is 10.1 Å². The summed E-state index contributed by atoms with van der Waals surface area (Å²) in [4.78, 5) is 26.1. The average Bonchev–Trinajstić information content (AvgIpc) is 3.24. The molecule has 1 N–H and O–H groups in total. The number of nitrogens with zero attached hydrogens (tertiary/aromatic N) is 1. The smallest absolute Gasteiger partial charge is 0.228 e. The van der Waals surface area contributed by atoms with E-state index >= 15 is 4.39 Å². The Kier molecular flexibility index (Phi) is 7.42. The molecule has 0 saturated heterocycles. The van der Waals surface area contributed by atoms with Gasteiger partial charge in [-0.05, 0) is 72.6 Å². The van der Waals surface area contributed by atoms with Gasteiger partial charge in [-0.15, -0.1) is 0 Å². The summed E-state index contributed by atoms with van der Waals surface area (Å²) in [5.74, 6) is -2.49. The normalized spacial score (nSPS) is 22.7. The van der Waals surface area contributed by atoms with E-state index in [1.54, 1.807) is 36.4 Å². The number of hydrogen-bond donors (Lipinski definition) is 1. The predicted molar refractivity (Wildman–Crippen MR) is 159 cm³/mol. The fourth-order valence-corrected chi connectivity index (χ4v) is 7.41. The highest BCUT2D eigenvalue weighted by molar-refractivity contribution is 6.34. The van der Waals surface area contributed by atoms with Gasteiger partial charge in [-0.3, -0.25) is 9.59 Å². The zero-order valence-corrected chi connectivity index (χ0v) is 25.1. The van der Waals surface area contributed by atoms with Crippen LogP contribution in [-0.2, 0) is 10.2 Å². The molecule has 0 heterocycles. The van der Waals surface area contributed by atoms with E-state index in [1.165, 1.54) is 20.1 Å². The van der Waals surface area contributed by atoms with Crippen LogP contribution in [0.15, 0.2) is 48.5 Å². The number of rotatable bonds is 5. The van der Waals surface area contributed by atoms with Crippen LogP contribution in [0.25, 0.3) is 11.1 Å². The SMILES string of the molecule is COc1cc(C(C)=O)ccc1NC(=O)[C@@H]1C[C@@H](CC(C)(C)C)[C@]2(C#N)c3c(ccc(Cl)c3F)-c3c(Cl)cccc3[C@@H]12. The molecule has 0 radical (unpaired) electrons. The highest BCUT2D eigenvalue weighted by Gasteiger charge is 2.63. The number of Topliss-reactive ketones (excluding diaryl/α,β-unsaturated/α-hetero) is 1.